The number of aromatic nitrogens is 2. The van der Waals surface area contributed by atoms with Gasteiger partial charge in [0.05, 0.1) is 24.5 Å². The first kappa shape index (κ1) is 13.6. The predicted molar refractivity (Wildman–Crippen MR) is 80.5 cm³/mol. The van der Waals surface area contributed by atoms with Gasteiger partial charge in [-0.2, -0.15) is 5.10 Å². The standard InChI is InChI=1S/C15H18N4O2/c1-11-4-2-3-5-14(11)18-15(20)17-12-8-16-19(9-12)13-6-7-21-10-13/h2-5,8-9,13H,6-7,10H2,1H3,(H2,17,18,20). The number of aryl methyl sites for hydroxylation is 1. The molecule has 0 radical (unpaired) electrons. The summed E-state index contributed by atoms with van der Waals surface area (Å²) in [7, 11) is 0. The molecule has 2 N–H and O–H groups in total. The zero-order valence-corrected chi connectivity index (χ0v) is 11.9. The fourth-order valence-electron chi connectivity index (χ4n) is 2.33. The van der Waals surface area contributed by atoms with Crippen molar-refractivity contribution < 1.29 is 9.53 Å². The number of amides is 2. The molecular formula is C15H18N4O2. The van der Waals surface area contributed by atoms with Crippen LogP contribution in [0.25, 0.3) is 0 Å². The van der Waals surface area contributed by atoms with Gasteiger partial charge in [0.15, 0.2) is 0 Å². The average molecular weight is 286 g/mol. The number of nitrogens with one attached hydrogen (secondary N) is 2. The van der Waals surface area contributed by atoms with E-state index in [9.17, 15) is 4.79 Å². The highest BCUT2D eigenvalue weighted by molar-refractivity contribution is 6.00. The van der Waals surface area contributed by atoms with Crippen LogP contribution in [0.1, 0.15) is 18.0 Å². The van der Waals surface area contributed by atoms with Crippen LogP contribution in [0.5, 0.6) is 0 Å². The maximum atomic E-state index is 12.0. The summed E-state index contributed by atoms with van der Waals surface area (Å²) in [6.45, 7) is 3.39. The normalized spacial score (nSPS) is 17.7. The molecule has 1 saturated heterocycles. The zero-order valence-electron chi connectivity index (χ0n) is 11.9. The van der Waals surface area contributed by atoms with E-state index in [1.54, 1.807) is 6.20 Å². The number of urea groups is 1. The summed E-state index contributed by atoms with van der Waals surface area (Å²) in [6, 6.07) is 7.64. The minimum atomic E-state index is -0.272. The zero-order chi connectivity index (χ0) is 14.7. The smallest absolute Gasteiger partial charge is 0.323 e. The van der Waals surface area contributed by atoms with Gasteiger partial charge in [-0.3, -0.25) is 4.68 Å². The van der Waals surface area contributed by atoms with Crippen LogP contribution in [-0.4, -0.2) is 29.0 Å². The Labute approximate surface area is 123 Å². The third-order valence-electron chi connectivity index (χ3n) is 3.53. The lowest BCUT2D eigenvalue weighted by atomic mass is 10.2. The lowest BCUT2D eigenvalue weighted by molar-refractivity contribution is 0.184. The minimum absolute atomic E-state index is 0.264. The van der Waals surface area contributed by atoms with Crippen LogP contribution in [0.3, 0.4) is 0 Å². The van der Waals surface area contributed by atoms with E-state index in [1.165, 1.54) is 0 Å². The van der Waals surface area contributed by atoms with E-state index >= 15 is 0 Å². The second-order valence-electron chi connectivity index (χ2n) is 5.12. The fourth-order valence-corrected chi connectivity index (χ4v) is 2.33. The number of nitrogens with zero attached hydrogens (tertiary/aromatic N) is 2. The summed E-state index contributed by atoms with van der Waals surface area (Å²) in [5, 5.41) is 9.88. The highest BCUT2D eigenvalue weighted by Gasteiger charge is 2.18. The molecule has 2 heterocycles. The Kier molecular flexibility index (Phi) is 3.87. The minimum Gasteiger partial charge on any atom is -0.379 e. The molecule has 0 saturated carbocycles. The number of hydrogen-bond donors (Lipinski definition) is 2. The van der Waals surface area contributed by atoms with Gasteiger partial charge in [-0.15, -0.1) is 0 Å². The van der Waals surface area contributed by atoms with Crippen molar-refractivity contribution in [2.75, 3.05) is 23.8 Å². The van der Waals surface area contributed by atoms with Crippen molar-refractivity contribution in [2.45, 2.75) is 19.4 Å². The van der Waals surface area contributed by atoms with Gasteiger partial charge in [0.25, 0.3) is 0 Å². The van der Waals surface area contributed by atoms with Crippen LogP contribution in [0.15, 0.2) is 36.7 Å². The molecule has 1 aliphatic heterocycles. The molecule has 0 aliphatic carbocycles. The Balaban J connectivity index is 1.61. The molecule has 3 rings (SSSR count). The highest BCUT2D eigenvalue weighted by Crippen LogP contribution is 2.20. The first-order valence-corrected chi connectivity index (χ1v) is 6.98. The summed E-state index contributed by atoms with van der Waals surface area (Å²) >= 11 is 0. The number of ether oxygens (including phenoxy) is 1. The van der Waals surface area contributed by atoms with Gasteiger partial charge < -0.3 is 15.4 Å². The molecule has 2 aromatic rings. The number of hydrogen-bond acceptors (Lipinski definition) is 3. The van der Waals surface area contributed by atoms with Crippen LogP contribution in [-0.2, 0) is 4.74 Å². The first-order valence-electron chi connectivity index (χ1n) is 6.98. The highest BCUT2D eigenvalue weighted by atomic mass is 16.5. The molecule has 0 spiro atoms. The monoisotopic (exact) mass is 286 g/mol. The van der Waals surface area contributed by atoms with Crippen LogP contribution >= 0.6 is 0 Å². The summed E-state index contributed by atoms with van der Waals surface area (Å²) < 4.78 is 7.18. The van der Waals surface area contributed by atoms with Crippen molar-refractivity contribution in [1.29, 1.82) is 0 Å². The summed E-state index contributed by atoms with van der Waals surface area (Å²) in [5.41, 5.74) is 2.49. The Morgan fingerprint density at radius 3 is 3.00 bits per heavy atom. The van der Waals surface area contributed by atoms with Crippen LogP contribution < -0.4 is 10.6 Å². The lowest BCUT2D eigenvalue weighted by Crippen LogP contribution is -2.19. The Morgan fingerprint density at radius 2 is 2.24 bits per heavy atom. The molecule has 0 bridgehead atoms. The van der Waals surface area contributed by atoms with E-state index in [1.807, 2.05) is 42.1 Å². The van der Waals surface area contributed by atoms with Crippen LogP contribution in [0.2, 0.25) is 0 Å². The summed E-state index contributed by atoms with van der Waals surface area (Å²) in [5.74, 6) is 0. The van der Waals surface area contributed by atoms with Gasteiger partial charge in [-0.05, 0) is 25.0 Å². The Morgan fingerprint density at radius 1 is 1.38 bits per heavy atom. The Hall–Kier alpha value is -2.34. The molecule has 110 valence electrons. The van der Waals surface area contributed by atoms with Gasteiger partial charge >= 0.3 is 6.03 Å². The SMILES string of the molecule is Cc1ccccc1NC(=O)Nc1cnn(C2CCOC2)c1. The second kappa shape index (κ2) is 5.97. The third-order valence-corrected chi connectivity index (χ3v) is 3.53. The van der Waals surface area contributed by atoms with Crippen molar-refractivity contribution in [3.05, 3.63) is 42.2 Å². The van der Waals surface area contributed by atoms with Crippen molar-refractivity contribution in [3.63, 3.8) is 0 Å². The van der Waals surface area contributed by atoms with Gasteiger partial charge in [0.1, 0.15) is 0 Å². The lowest BCUT2D eigenvalue weighted by Gasteiger charge is -2.09. The summed E-state index contributed by atoms with van der Waals surface area (Å²) in [6.07, 6.45) is 4.43. The predicted octanol–water partition coefficient (Wildman–Crippen LogP) is 2.80. The quantitative estimate of drug-likeness (QED) is 0.911. The molecule has 1 aromatic carbocycles. The number of carbonyl (C=O) groups is 1. The van der Waals surface area contributed by atoms with Crippen molar-refractivity contribution >= 4 is 17.4 Å². The number of anilines is 2. The molecule has 2 amide bonds. The fraction of sp³-hybridized carbons (Fsp3) is 0.333. The number of carbonyl (C=O) groups excluding carboxylic acids is 1. The van der Waals surface area contributed by atoms with E-state index in [0.29, 0.717) is 12.3 Å². The van der Waals surface area contributed by atoms with Crippen molar-refractivity contribution in [2.24, 2.45) is 0 Å². The molecule has 6 heteroatoms. The van der Waals surface area contributed by atoms with Crippen LogP contribution in [0.4, 0.5) is 16.2 Å². The van der Waals surface area contributed by atoms with Gasteiger partial charge in [0.2, 0.25) is 0 Å². The maximum absolute atomic E-state index is 12.0. The van der Waals surface area contributed by atoms with E-state index in [0.717, 1.165) is 24.3 Å². The largest absolute Gasteiger partial charge is 0.379 e. The number of benzene rings is 1. The average Bonchev–Trinajstić information content (AvgIpc) is 3.12. The van der Waals surface area contributed by atoms with E-state index < -0.39 is 0 Å². The molecule has 1 aromatic heterocycles. The van der Waals surface area contributed by atoms with Crippen molar-refractivity contribution in [1.82, 2.24) is 9.78 Å². The first-order chi connectivity index (χ1) is 10.2. The van der Waals surface area contributed by atoms with Crippen molar-refractivity contribution in [3.8, 4) is 0 Å². The topological polar surface area (TPSA) is 68.2 Å². The number of rotatable bonds is 3. The van der Waals surface area contributed by atoms with Gasteiger partial charge in [-0.25, -0.2) is 4.79 Å². The molecular weight excluding hydrogens is 268 g/mol. The Bertz CT molecular complexity index is 632. The molecule has 1 atom stereocenters. The van der Waals surface area contributed by atoms with E-state index in [4.69, 9.17) is 4.74 Å². The third kappa shape index (κ3) is 3.22. The summed E-state index contributed by atoms with van der Waals surface area (Å²) in [4.78, 5) is 12.0. The number of para-hydroxylation sites is 1. The maximum Gasteiger partial charge on any atom is 0.323 e. The molecule has 21 heavy (non-hydrogen) atoms. The van der Waals surface area contributed by atoms with Gasteiger partial charge in [0, 0.05) is 18.5 Å². The van der Waals surface area contributed by atoms with E-state index in [2.05, 4.69) is 15.7 Å². The molecule has 1 aliphatic rings. The van der Waals surface area contributed by atoms with Gasteiger partial charge in [-0.1, -0.05) is 18.2 Å². The van der Waals surface area contributed by atoms with Crippen LogP contribution in [0, 0.1) is 6.92 Å². The van der Waals surface area contributed by atoms with E-state index in [-0.39, 0.29) is 12.1 Å². The second-order valence-corrected chi connectivity index (χ2v) is 5.12. The molecule has 6 nitrogen and oxygen atoms in total. The molecule has 1 unspecified atom stereocenters. The molecule has 1 fully saturated rings.